The minimum Gasteiger partial charge on any atom is -0.423 e. The fraction of sp³-hybridized carbons (Fsp3) is 0.400. The molecule has 0 amide bonds. The van der Waals surface area contributed by atoms with Gasteiger partial charge in [0.25, 0.3) is 0 Å². The molecule has 0 aromatic heterocycles. The van der Waals surface area contributed by atoms with Crippen LogP contribution >= 0.6 is 0 Å². The molecule has 15 heavy (non-hydrogen) atoms. The Balaban J connectivity index is 2.52. The molecule has 3 N–H and O–H groups in total. The third-order valence-electron chi connectivity index (χ3n) is 2.13. The number of nitrogens with one attached hydrogen (secondary N) is 1. The fourth-order valence-corrected chi connectivity index (χ4v) is 1.34. The third-order valence-corrected chi connectivity index (χ3v) is 2.13. The van der Waals surface area contributed by atoms with Crippen LogP contribution < -0.4 is 10.8 Å². The molecule has 5 heteroatoms. The minimum atomic E-state index is -1.41. The van der Waals surface area contributed by atoms with Crippen LogP contribution in [0.2, 0.25) is 0 Å². The largest absolute Gasteiger partial charge is 0.488 e. The summed E-state index contributed by atoms with van der Waals surface area (Å²) in [7, 11) is 0.234. The van der Waals surface area contributed by atoms with Crippen molar-refractivity contribution in [3.63, 3.8) is 0 Å². The summed E-state index contributed by atoms with van der Waals surface area (Å²) < 4.78 is 4.90. The van der Waals surface area contributed by atoms with E-state index in [0.29, 0.717) is 18.6 Å². The summed E-state index contributed by atoms with van der Waals surface area (Å²) in [5, 5.41) is 21.4. The first-order valence-electron chi connectivity index (χ1n) is 4.89. The molecule has 82 valence electrons. The Morgan fingerprint density at radius 3 is 2.73 bits per heavy atom. The van der Waals surface area contributed by atoms with Gasteiger partial charge in [-0.1, -0.05) is 24.3 Å². The second-order valence-corrected chi connectivity index (χ2v) is 3.24. The SMILES string of the molecule is COCCNCc1ccccc1B(O)O. The Kier molecular flexibility index (Phi) is 5.35. The Morgan fingerprint density at radius 1 is 1.33 bits per heavy atom. The zero-order valence-electron chi connectivity index (χ0n) is 8.81. The molecule has 1 aromatic carbocycles. The summed E-state index contributed by atoms with van der Waals surface area (Å²) in [4.78, 5) is 0. The number of rotatable bonds is 6. The molecule has 0 saturated carbocycles. The first-order valence-corrected chi connectivity index (χ1v) is 4.89. The van der Waals surface area contributed by atoms with E-state index in [1.54, 1.807) is 19.2 Å². The minimum absolute atomic E-state index is 0.544. The molecule has 0 aliphatic rings. The molecule has 1 aromatic rings. The lowest BCUT2D eigenvalue weighted by Gasteiger charge is -2.09. The predicted molar refractivity (Wildman–Crippen MR) is 59.9 cm³/mol. The van der Waals surface area contributed by atoms with Gasteiger partial charge in [-0.15, -0.1) is 0 Å². The first kappa shape index (κ1) is 12.2. The molecule has 0 heterocycles. The standard InChI is InChI=1S/C10H16BNO3/c1-15-7-6-12-8-9-4-2-3-5-10(9)11(13)14/h2-5,12-14H,6-8H2,1H3. The molecular formula is C10H16BNO3. The van der Waals surface area contributed by atoms with E-state index < -0.39 is 7.12 Å². The van der Waals surface area contributed by atoms with Gasteiger partial charge in [-0.25, -0.2) is 0 Å². The van der Waals surface area contributed by atoms with Crippen LogP contribution in [0.5, 0.6) is 0 Å². The fourth-order valence-electron chi connectivity index (χ4n) is 1.34. The normalized spacial score (nSPS) is 10.3. The van der Waals surface area contributed by atoms with E-state index in [2.05, 4.69) is 5.32 Å². The van der Waals surface area contributed by atoms with Gasteiger partial charge in [0.05, 0.1) is 6.61 Å². The van der Waals surface area contributed by atoms with Crippen LogP contribution in [0, 0.1) is 0 Å². The van der Waals surface area contributed by atoms with E-state index in [9.17, 15) is 0 Å². The third kappa shape index (κ3) is 4.01. The molecule has 0 bridgehead atoms. The van der Waals surface area contributed by atoms with Crippen molar-refractivity contribution in [2.75, 3.05) is 20.3 Å². The van der Waals surface area contributed by atoms with Crippen molar-refractivity contribution in [3.05, 3.63) is 29.8 Å². The quantitative estimate of drug-likeness (QED) is 0.420. The van der Waals surface area contributed by atoms with Crippen LogP contribution in [0.3, 0.4) is 0 Å². The van der Waals surface area contributed by atoms with Gasteiger partial charge in [-0.2, -0.15) is 0 Å². The van der Waals surface area contributed by atoms with Crippen molar-refractivity contribution >= 4 is 12.6 Å². The zero-order valence-corrected chi connectivity index (χ0v) is 8.81. The first-order chi connectivity index (χ1) is 7.25. The molecule has 4 nitrogen and oxygen atoms in total. The predicted octanol–water partition coefficient (Wildman–Crippen LogP) is -0.898. The molecule has 0 fully saturated rings. The van der Waals surface area contributed by atoms with Crippen LogP contribution in [0.15, 0.2) is 24.3 Å². The maximum absolute atomic E-state index is 9.11. The zero-order chi connectivity index (χ0) is 11.1. The second-order valence-electron chi connectivity index (χ2n) is 3.24. The van der Waals surface area contributed by atoms with Crippen LogP contribution in [-0.4, -0.2) is 37.4 Å². The number of methoxy groups -OCH3 is 1. The second kappa shape index (κ2) is 6.58. The summed E-state index contributed by atoms with van der Waals surface area (Å²) >= 11 is 0. The average Bonchev–Trinajstić information content (AvgIpc) is 2.25. The van der Waals surface area contributed by atoms with E-state index in [4.69, 9.17) is 14.8 Å². The smallest absolute Gasteiger partial charge is 0.423 e. The van der Waals surface area contributed by atoms with E-state index in [1.165, 1.54) is 0 Å². The molecule has 0 radical (unpaired) electrons. The van der Waals surface area contributed by atoms with Gasteiger partial charge in [-0.3, -0.25) is 0 Å². The Labute approximate surface area is 90.0 Å². The lowest BCUT2D eigenvalue weighted by atomic mass is 9.77. The Hall–Kier alpha value is -0.875. The number of hydrogen-bond donors (Lipinski definition) is 3. The topological polar surface area (TPSA) is 61.7 Å². The van der Waals surface area contributed by atoms with Crippen LogP contribution in [0.1, 0.15) is 5.56 Å². The number of ether oxygens (including phenoxy) is 1. The summed E-state index contributed by atoms with van der Waals surface area (Å²) in [5.41, 5.74) is 1.44. The lowest BCUT2D eigenvalue weighted by Crippen LogP contribution is -2.35. The van der Waals surface area contributed by atoms with E-state index in [-0.39, 0.29) is 0 Å². The summed E-state index contributed by atoms with van der Waals surface area (Å²) in [6, 6.07) is 7.24. The van der Waals surface area contributed by atoms with Crippen LogP contribution in [0.25, 0.3) is 0 Å². The molecule has 0 spiro atoms. The van der Waals surface area contributed by atoms with Gasteiger partial charge in [0, 0.05) is 20.2 Å². The molecule has 0 aliphatic carbocycles. The van der Waals surface area contributed by atoms with Gasteiger partial charge in [0.15, 0.2) is 0 Å². The molecule has 1 rings (SSSR count). The Morgan fingerprint density at radius 2 is 2.07 bits per heavy atom. The summed E-state index contributed by atoms with van der Waals surface area (Å²) in [6.45, 7) is 1.99. The van der Waals surface area contributed by atoms with Crippen molar-refractivity contribution < 1.29 is 14.8 Å². The van der Waals surface area contributed by atoms with Crippen molar-refractivity contribution in [2.24, 2.45) is 0 Å². The maximum atomic E-state index is 9.11. The van der Waals surface area contributed by atoms with Gasteiger partial charge >= 0.3 is 7.12 Å². The highest BCUT2D eigenvalue weighted by molar-refractivity contribution is 6.59. The van der Waals surface area contributed by atoms with Crippen LogP contribution in [0.4, 0.5) is 0 Å². The number of hydrogen-bond acceptors (Lipinski definition) is 4. The highest BCUT2D eigenvalue weighted by Gasteiger charge is 2.14. The summed E-state index contributed by atoms with van der Waals surface area (Å²) in [6.07, 6.45) is 0. The van der Waals surface area contributed by atoms with Crippen molar-refractivity contribution in [1.29, 1.82) is 0 Å². The van der Waals surface area contributed by atoms with E-state index in [0.717, 1.165) is 12.1 Å². The monoisotopic (exact) mass is 209 g/mol. The molecule has 0 saturated heterocycles. The van der Waals surface area contributed by atoms with Gasteiger partial charge in [-0.05, 0) is 11.0 Å². The highest BCUT2D eigenvalue weighted by atomic mass is 16.5. The van der Waals surface area contributed by atoms with Crippen molar-refractivity contribution in [2.45, 2.75) is 6.54 Å². The van der Waals surface area contributed by atoms with Gasteiger partial charge in [0.1, 0.15) is 0 Å². The Bertz CT molecular complexity index is 294. The van der Waals surface area contributed by atoms with Crippen LogP contribution in [-0.2, 0) is 11.3 Å². The highest BCUT2D eigenvalue weighted by Crippen LogP contribution is 1.96. The van der Waals surface area contributed by atoms with E-state index in [1.807, 2.05) is 12.1 Å². The average molecular weight is 209 g/mol. The molecule has 0 aliphatic heterocycles. The van der Waals surface area contributed by atoms with Crippen molar-refractivity contribution in [1.82, 2.24) is 5.32 Å². The van der Waals surface area contributed by atoms with Crippen molar-refractivity contribution in [3.8, 4) is 0 Å². The van der Waals surface area contributed by atoms with E-state index >= 15 is 0 Å². The number of benzene rings is 1. The molecule has 0 unspecified atom stereocenters. The lowest BCUT2D eigenvalue weighted by molar-refractivity contribution is 0.199. The van der Waals surface area contributed by atoms with Gasteiger partial charge < -0.3 is 20.1 Å². The summed E-state index contributed by atoms with van der Waals surface area (Å²) in [5.74, 6) is 0. The molecule has 0 atom stereocenters. The van der Waals surface area contributed by atoms with Gasteiger partial charge in [0.2, 0.25) is 0 Å². The molecular weight excluding hydrogens is 193 g/mol. The maximum Gasteiger partial charge on any atom is 0.488 e.